The maximum Gasteiger partial charge on any atom is 0.270 e. The molecule has 3 rings (SSSR count). The highest BCUT2D eigenvalue weighted by molar-refractivity contribution is 9.10. The van der Waals surface area contributed by atoms with Crippen LogP contribution in [0.1, 0.15) is 5.56 Å². The largest absolute Gasteiger partial charge is 0.305 e. The molecule has 0 radical (unpaired) electrons. The first-order valence-corrected chi connectivity index (χ1v) is 10.1. The number of nitro groups is 1. The zero-order valence-electron chi connectivity index (χ0n) is 15.2. The van der Waals surface area contributed by atoms with Gasteiger partial charge in [0.2, 0.25) is 0 Å². The summed E-state index contributed by atoms with van der Waals surface area (Å²) in [6, 6.07) is 13.7. The van der Waals surface area contributed by atoms with E-state index in [4.69, 9.17) is 0 Å². The molecule has 29 heavy (non-hydrogen) atoms. The minimum Gasteiger partial charge on any atom is -0.305 e. The highest BCUT2D eigenvalue weighted by Gasteiger charge is 2.12. The molecule has 0 bridgehead atoms. The van der Waals surface area contributed by atoms with E-state index in [9.17, 15) is 14.9 Å². The van der Waals surface area contributed by atoms with Gasteiger partial charge in [0.25, 0.3) is 11.6 Å². The van der Waals surface area contributed by atoms with Crippen molar-refractivity contribution in [3.05, 3.63) is 68.7 Å². The second kappa shape index (κ2) is 9.43. The number of carbonyl (C=O) groups excluding carboxylic acids is 1. The Balaban J connectivity index is 1.55. The maximum absolute atomic E-state index is 12.0. The van der Waals surface area contributed by atoms with Gasteiger partial charge in [-0.2, -0.15) is 5.10 Å². The third-order valence-corrected chi connectivity index (χ3v) is 5.30. The maximum atomic E-state index is 12.0. The molecular formula is C18H15BrN6O3S. The van der Waals surface area contributed by atoms with Crippen LogP contribution in [0, 0.1) is 10.1 Å². The lowest BCUT2D eigenvalue weighted by atomic mass is 10.2. The Bertz CT molecular complexity index is 1070. The molecular weight excluding hydrogens is 460 g/mol. The fourth-order valence-corrected chi connectivity index (χ4v) is 3.32. The number of thioether (sulfide) groups is 1. The van der Waals surface area contributed by atoms with Gasteiger partial charge in [0.1, 0.15) is 0 Å². The Morgan fingerprint density at radius 3 is 2.79 bits per heavy atom. The number of hydrogen-bond acceptors (Lipinski definition) is 7. The number of amides is 1. The van der Waals surface area contributed by atoms with Crippen LogP contribution in [0.25, 0.3) is 11.4 Å². The molecule has 11 heteroatoms. The van der Waals surface area contributed by atoms with Gasteiger partial charge in [-0.1, -0.05) is 52.0 Å². The van der Waals surface area contributed by atoms with Crippen molar-refractivity contribution >= 4 is 45.5 Å². The molecule has 0 aliphatic heterocycles. The summed E-state index contributed by atoms with van der Waals surface area (Å²) in [5.41, 5.74) is 3.78. The quantitative estimate of drug-likeness (QED) is 0.243. The Kier molecular flexibility index (Phi) is 6.73. The van der Waals surface area contributed by atoms with Gasteiger partial charge in [0, 0.05) is 34.8 Å². The van der Waals surface area contributed by atoms with Crippen LogP contribution in [-0.2, 0) is 11.8 Å². The number of nitro benzene ring substituents is 1. The molecule has 2 aromatic carbocycles. The van der Waals surface area contributed by atoms with Crippen molar-refractivity contribution in [2.75, 3.05) is 5.75 Å². The number of halogens is 1. The number of nitrogens with zero attached hydrogens (tertiary/aromatic N) is 5. The summed E-state index contributed by atoms with van der Waals surface area (Å²) in [6.45, 7) is 0. The third-order valence-electron chi connectivity index (χ3n) is 3.75. The highest BCUT2D eigenvalue weighted by Crippen LogP contribution is 2.23. The van der Waals surface area contributed by atoms with Crippen LogP contribution >= 0.6 is 27.7 Å². The topological polar surface area (TPSA) is 115 Å². The molecule has 0 saturated heterocycles. The van der Waals surface area contributed by atoms with Gasteiger partial charge >= 0.3 is 0 Å². The van der Waals surface area contributed by atoms with Gasteiger partial charge < -0.3 is 4.57 Å². The zero-order valence-corrected chi connectivity index (χ0v) is 17.6. The third kappa shape index (κ3) is 5.48. The number of non-ortho nitro benzene ring substituents is 1. The molecule has 1 aromatic heterocycles. The van der Waals surface area contributed by atoms with Crippen molar-refractivity contribution in [3.8, 4) is 11.4 Å². The first-order valence-electron chi connectivity index (χ1n) is 8.28. The minimum absolute atomic E-state index is 0.0420. The summed E-state index contributed by atoms with van der Waals surface area (Å²) in [4.78, 5) is 22.3. The van der Waals surface area contributed by atoms with E-state index in [-0.39, 0.29) is 17.3 Å². The van der Waals surface area contributed by atoms with E-state index in [1.807, 2.05) is 35.9 Å². The lowest BCUT2D eigenvalue weighted by molar-refractivity contribution is -0.384. The van der Waals surface area contributed by atoms with E-state index in [0.717, 1.165) is 10.0 Å². The van der Waals surface area contributed by atoms with E-state index < -0.39 is 4.92 Å². The summed E-state index contributed by atoms with van der Waals surface area (Å²) in [5, 5.41) is 23.5. The number of rotatable bonds is 7. The normalized spacial score (nSPS) is 11.0. The van der Waals surface area contributed by atoms with E-state index in [1.165, 1.54) is 30.1 Å². The molecule has 0 unspecified atom stereocenters. The van der Waals surface area contributed by atoms with Gasteiger partial charge in [0.15, 0.2) is 11.0 Å². The molecule has 0 aliphatic carbocycles. The van der Waals surface area contributed by atoms with E-state index in [2.05, 4.69) is 36.7 Å². The molecule has 9 nitrogen and oxygen atoms in total. The molecule has 0 atom stereocenters. The number of benzene rings is 2. The van der Waals surface area contributed by atoms with Crippen LogP contribution in [0.5, 0.6) is 0 Å². The van der Waals surface area contributed by atoms with Crippen molar-refractivity contribution < 1.29 is 9.72 Å². The summed E-state index contributed by atoms with van der Waals surface area (Å²) < 4.78 is 2.79. The standard InChI is InChI=1S/C18H15BrN6O3S/c1-24-17(13-5-7-14(19)8-6-13)22-23-18(24)29-11-16(26)21-20-10-12-3-2-4-15(9-12)25(27)28/h2-10H,11H2,1H3,(H,21,26). The van der Waals surface area contributed by atoms with Gasteiger partial charge in [-0.3, -0.25) is 14.9 Å². The monoisotopic (exact) mass is 474 g/mol. The number of aromatic nitrogens is 3. The Labute approximate surface area is 178 Å². The number of nitrogens with one attached hydrogen (secondary N) is 1. The fraction of sp³-hybridized carbons (Fsp3) is 0.111. The van der Waals surface area contributed by atoms with Crippen LogP contribution < -0.4 is 5.43 Å². The molecule has 1 amide bonds. The van der Waals surface area contributed by atoms with E-state index in [1.54, 1.807) is 12.1 Å². The first kappa shape index (κ1) is 20.7. The Morgan fingerprint density at radius 1 is 1.31 bits per heavy atom. The van der Waals surface area contributed by atoms with Crippen molar-refractivity contribution in [2.24, 2.45) is 12.1 Å². The second-order valence-corrected chi connectivity index (χ2v) is 7.66. The molecule has 0 spiro atoms. The summed E-state index contributed by atoms with van der Waals surface area (Å²) in [6.07, 6.45) is 1.35. The predicted molar refractivity (Wildman–Crippen MR) is 114 cm³/mol. The molecule has 0 aliphatic rings. The lowest BCUT2D eigenvalue weighted by Crippen LogP contribution is -2.19. The lowest BCUT2D eigenvalue weighted by Gasteiger charge is -2.04. The van der Waals surface area contributed by atoms with Gasteiger partial charge in [-0.15, -0.1) is 10.2 Å². The first-order chi connectivity index (χ1) is 13.9. The average molecular weight is 475 g/mol. The molecule has 1 heterocycles. The molecule has 3 aromatic rings. The minimum atomic E-state index is -0.490. The van der Waals surface area contributed by atoms with Crippen molar-refractivity contribution in [1.82, 2.24) is 20.2 Å². The molecule has 148 valence electrons. The van der Waals surface area contributed by atoms with Gasteiger partial charge in [-0.05, 0) is 12.1 Å². The SMILES string of the molecule is Cn1c(SCC(=O)NN=Cc2cccc([N+](=O)[O-])c2)nnc1-c1ccc(Br)cc1. The summed E-state index contributed by atoms with van der Waals surface area (Å²) in [7, 11) is 1.83. The zero-order chi connectivity index (χ0) is 20.8. The van der Waals surface area contributed by atoms with Crippen molar-refractivity contribution in [1.29, 1.82) is 0 Å². The van der Waals surface area contributed by atoms with Gasteiger partial charge in [0.05, 0.1) is 16.9 Å². The number of hydrazone groups is 1. The summed E-state index contributed by atoms with van der Waals surface area (Å²) >= 11 is 4.63. The highest BCUT2D eigenvalue weighted by atomic mass is 79.9. The van der Waals surface area contributed by atoms with E-state index in [0.29, 0.717) is 16.5 Å². The van der Waals surface area contributed by atoms with Crippen LogP contribution in [0.3, 0.4) is 0 Å². The van der Waals surface area contributed by atoms with Crippen LogP contribution in [0.4, 0.5) is 5.69 Å². The second-order valence-electron chi connectivity index (χ2n) is 5.81. The van der Waals surface area contributed by atoms with Crippen molar-refractivity contribution in [2.45, 2.75) is 5.16 Å². The number of carbonyl (C=O) groups is 1. The smallest absolute Gasteiger partial charge is 0.270 e. The molecule has 0 fully saturated rings. The molecule has 1 N–H and O–H groups in total. The van der Waals surface area contributed by atoms with E-state index >= 15 is 0 Å². The van der Waals surface area contributed by atoms with Crippen molar-refractivity contribution in [3.63, 3.8) is 0 Å². The average Bonchev–Trinajstić information content (AvgIpc) is 3.07. The Morgan fingerprint density at radius 2 is 2.07 bits per heavy atom. The predicted octanol–water partition coefficient (Wildman–Crippen LogP) is 3.40. The van der Waals surface area contributed by atoms with Crippen LogP contribution in [0.2, 0.25) is 0 Å². The molecule has 0 saturated carbocycles. The van der Waals surface area contributed by atoms with Gasteiger partial charge in [-0.25, -0.2) is 5.43 Å². The summed E-state index contributed by atoms with van der Waals surface area (Å²) in [5.74, 6) is 0.465. The number of hydrogen-bond donors (Lipinski definition) is 1. The Hall–Kier alpha value is -3.05. The van der Waals surface area contributed by atoms with Crippen LogP contribution in [0.15, 0.2) is 63.3 Å². The van der Waals surface area contributed by atoms with Crippen LogP contribution in [-0.4, -0.2) is 37.6 Å². The fourth-order valence-electron chi connectivity index (χ4n) is 2.35.